The van der Waals surface area contributed by atoms with E-state index in [2.05, 4.69) is 10.1 Å². The summed E-state index contributed by atoms with van der Waals surface area (Å²) in [6.07, 6.45) is 1.54. The van der Waals surface area contributed by atoms with Crippen LogP contribution in [0.25, 0.3) is 22.8 Å². The summed E-state index contributed by atoms with van der Waals surface area (Å²) in [5.41, 5.74) is 1.37. The van der Waals surface area contributed by atoms with Crippen LogP contribution in [-0.2, 0) is 10.0 Å². The molecule has 0 radical (unpaired) electrons. The van der Waals surface area contributed by atoms with Gasteiger partial charge in [-0.3, -0.25) is 0 Å². The van der Waals surface area contributed by atoms with Crippen molar-refractivity contribution in [3.8, 4) is 22.8 Å². The Labute approximate surface area is 167 Å². The molecule has 9 heteroatoms. The van der Waals surface area contributed by atoms with Gasteiger partial charge in [-0.05, 0) is 43.2 Å². The van der Waals surface area contributed by atoms with Gasteiger partial charge in [-0.2, -0.15) is 9.29 Å². The lowest BCUT2D eigenvalue weighted by Crippen LogP contribution is -2.32. The number of rotatable bonds is 8. The predicted molar refractivity (Wildman–Crippen MR) is 107 cm³/mol. The molecular formula is C18H20ClN3O3S2. The van der Waals surface area contributed by atoms with Crippen LogP contribution in [0, 0.1) is 0 Å². The van der Waals surface area contributed by atoms with Crippen LogP contribution in [0.5, 0.6) is 0 Å². The Hall–Kier alpha value is -1.74. The van der Waals surface area contributed by atoms with Gasteiger partial charge in [0, 0.05) is 29.1 Å². The van der Waals surface area contributed by atoms with Crippen molar-refractivity contribution in [2.75, 3.05) is 13.1 Å². The number of benzene rings is 1. The molecule has 0 unspecified atom stereocenters. The predicted octanol–water partition coefficient (Wildman–Crippen LogP) is 4.93. The third-order valence-electron chi connectivity index (χ3n) is 3.89. The standard InChI is InChI=1S/C18H20ClN3O3S2/c1-3-9-22(10-4-2)27(23,24)16-11-14(12-26-16)18-20-17(21-25-18)13-5-7-15(19)8-6-13/h5-8,11-12H,3-4,9-10H2,1-2H3. The van der Waals surface area contributed by atoms with Crippen molar-refractivity contribution in [1.82, 2.24) is 14.4 Å². The molecule has 0 bridgehead atoms. The number of sulfonamides is 1. The first-order valence-corrected chi connectivity index (χ1v) is 11.3. The minimum absolute atomic E-state index is 0.283. The zero-order valence-electron chi connectivity index (χ0n) is 15.1. The first kappa shape index (κ1) is 20.0. The highest BCUT2D eigenvalue weighted by atomic mass is 35.5. The van der Waals surface area contributed by atoms with Crippen molar-refractivity contribution < 1.29 is 12.9 Å². The molecule has 0 aliphatic heterocycles. The summed E-state index contributed by atoms with van der Waals surface area (Å²) >= 11 is 7.06. The molecular weight excluding hydrogens is 406 g/mol. The van der Waals surface area contributed by atoms with E-state index in [1.807, 2.05) is 13.8 Å². The van der Waals surface area contributed by atoms with Crippen molar-refractivity contribution in [2.24, 2.45) is 0 Å². The normalized spacial score (nSPS) is 12.0. The third-order valence-corrected chi connectivity index (χ3v) is 7.46. The van der Waals surface area contributed by atoms with Gasteiger partial charge in [-0.15, -0.1) is 11.3 Å². The third kappa shape index (κ3) is 4.40. The molecule has 1 aromatic carbocycles. The number of thiophene rings is 1. The fourth-order valence-electron chi connectivity index (χ4n) is 2.60. The fraction of sp³-hybridized carbons (Fsp3) is 0.333. The summed E-state index contributed by atoms with van der Waals surface area (Å²) in [6, 6.07) is 8.69. The molecule has 27 heavy (non-hydrogen) atoms. The summed E-state index contributed by atoms with van der Waals surface area (Å²) in [7, 11) is -3.52. The summed E-state index contributed by atoms with van der Waals surface area (Å²) in [5.74, 6) is 0.714. The first-order chi connectivity index (χ1) is 13.0. The van der Waals surface area contributed by atoms with Crippen molar-refractivity contribution in [1.29, 1.82) is 0 Å². The number of aromatic nitrogens is 2. The maximum absolute atomic E-state index is 12.9. The largest absolute Gasteiger partial charge is 0.334 e. The molecule has 0 atom stereocenters. The molecule has 3 rings (SSSR count). The Morgan fingerprint density at radius 2 is 1.78 bits per heavy atom. The fourth-order valence-corrected chi connectivity index (χ4v) is 5.66. The topological polar surface area (TPSA) is 76.3 Å². The molecule has 0 amide bonds. The van der Waals surface area contributed by atoms with Crippen LogP contribution in [0.3, 0.4) is 0 Å². The molecule has 2 aromatic heterocycles. The number of halogens is 1. The van der Waals surface area contributed by atoms with Gasteiger partial charge in [0.05, 0.1) is 5.56 Å². The van der Waals surface area contributed by atoms with Gasteiger partial charge in [0.25, 0.3) is 15.9 Å². The zero-order valence-corrected chi connectivity index (χ0v) is 17.4. The lowest BCUT2D eigenvalue weighted by atomic mass is 10.2. The highest BCUT2D eigenvalue weighted by Crippen LogP contribution is 2.31. The zero-order chi connectivity index (χ0) is 19.4. The van der Waals surface area contributed by atoms with Crippen LogP contribution in [0.4, 0.5) is 0 Å². The van der Waals surface area contributed by atoms with Crippen LogP contribution in [-0.4, -0.2) is 36.0 Å². The Kier molecular flexibility index (Phi) is 6.31. The van der Waals surface area contributed by atoms with E-state index < -0.39 is 10.0 Å². The molecule has 0 aliphatic rings. The highest BCUT2D eigenvalue weighted by Gasteiger charge is 2.26. The van der Waals surface area contributed by atoms with Gasteiger partial charge >= 0.3 is 0 Å². The van der Waals surface area contributed by atoms with Gasteiger partial charge in [0.2, 0.25) is 5.82 Å². The van der Waals surface area contributed by atoms with Crippen LogP contribution in [0.2, 0.25) is 5.02 Å². The maximum atomic E-state index is 12.9. The molecule has 144 valence electrons. The molecule has 0 saturated carbocycles. The van der Waals surface area contributed by atoms with Gasteiger partial charge in [-0.1, -0.05) is 30.6 Å². The molecule has 0 aliphatic carbocycles. The van der Waals surface area contributed by atoms with E-state index in [0.29, 0.717) is 29.5 Å². The SMILES string of the molecule is CCCN(CCC)S(=O)(=O)c1cc(-c2nc(-c3ccc(Cl)cc3)no2)cs1. The van der Waals surface area contributed by atoms with E-state index in [-0.39, 0.29) is 10.1 Å². The molecule has 0 saturated heterocycles. The molecule has 2 heterocycles. The van der Waals surface area contributed by atoms with Gasteiger partial charge in [0.1, 0.15) is 4.21 Å². The number of nitrogens with zero attached hydrogens (tertiary/aromatic N) is 3. The molecule has 0 N–H and O–H groups in total. The molecule has 0 fully saturated rings. The monoisotopic (exact) mass is 425 g/mol. The van der Waals surface area contributed by atoms with Crippen molar-refractivity contribution in [3.05, 3.63) is 40.7 Å². The maximum Gasteiger partial charge on any atom is 0.259 e. The molecule has 3 aromatic rings. The Bertz CT molecular complexity index is 991. The Balaban J connectivity index is 1.86. The van der Waals surface area contributed by atoms with Crippen LogP contribution >= 0.6 is 22.9 Å². The second-order valence-electron chi connectivity index (χ2n) is 5.99. The van der Waals surface area contributed by atoms with Crippen LogP contribution in [0.1, 0.15) is 26.7 Å². The highest BCUT2D eigenvalue weighted by molar-refractivity contribution is 7.91. The van der Waals surface area contributed by atoms with E-state index in [1.165, 1.54) is 4.31 Å². The Morgan fingerprint density at radius 1 is 1.11 bits per heavy atom. The smallest absolute Gasteiger partial charge is 0.259 e. The van der Waals surface area contributed by atoms with Crippen molar-refractivity contribution >= 4 is 33.0 Å². The van der Waals surface area contributed by atoms with Gasteiger partial charge in [-0.25, -0.2) is 8.42 Å². The van der Waals surface area contributed by atoms with E-state index in [4.69, 9.17) is 16.1 Å². The minimum Gasteiger partial charge on any atom is -0.334 e. The van der Waals surface area contributed by atoms with Crippen LogP contribution in [0.15, 0.2) is 44.4 Å². The van der Waals surface area contributed by atoms with E-state index in [1.54, 1.807) is 35.7 Å². The summed E-state index contributed by atoms with van der Waals surface area (Å²) in [6.45, 7) is 4.94. The average molecular weight is 426 g/mol. The van der Waals surface area contributed by atoms with E-state index in [9.17, 15) is 8.42 Å². The van der Waals surface area contributed by atoms with Crippen molar-refractivity contribution in [3.63, 3.8) is 0 Å². The summed E-state index contributed by atoms with van der Waals surface area (Å²) in [5, 5.41) is 6.32. The Morgan fingerprint density at radius 3 is 2.41 bits per heavy atom. The van der Waals surface area contributed by atoms with Gasteiger partial charge < -0.3 is 4.52 Å². The second kappa shape index (κ2) is 8.52. The summed E-state index contributed by atoms with van der Waals surface area (Å²) in [4.78, 5) is 4.37. The molecule has 6 nitrogen and oxygen atoms in total. The summed E-state index contributed by atoms with van der Waals surface area (Å²) < 4.78 is 32.9. The van der Waals surface area contributed by atoms with Crippen molar-refractivity contribution in [2.45, 2.75) is 30.9 Å². The number of hydrogen-bond acceptors (Lipinski definition) is 6. The van der Waals surface area contributed by atoms with E-state index >= 15 is 0 Å². The van der Waals surface area contributed by atoms with Crippen LogP contribution < -0.4 is 0 Å². The second-order valence-corrected chi connectivity index (χ2v) is 9.50. The van der Waals surface area contributed by atoms with E-state index in [0.717, 1.165) is 29.7 Å². The lowest BCUT2D eigenvalue weighted by Gasteiger charge is -2.19. The first-order valence-electron chi connectivity index (χ1n) is 8.64. The number of hydrogen-bond donors (Lipinski definition) is 0. The minimum atomic E-state index is -3.52. The van der Waals surface area contributed by atoms with Gasteiger partial charge in [0.15, 0.2) is 0 Å². The average Bonchev–Trinajstić information content (AvgIpc) is 3.32. The quantitative estimate of drug-likeness (QED) is 0.511. The molecule has 0 spiro atoms. The lowest BCUT2D eigenvalue weighted by molar-refractivity contribution is 0.411.